The Labute approximate surface area is 119 Å². The number of hydrogen-bond acceptors (Lipinski definition) is 0. The predicted molar refractivity (Wildman–Crippen MR) is 81.0 cm³/mol. The van der Waals surface area contributed by atoms with Crippen molar-refractivity contribution in [2.75, 3.05) is 0 Å². The molecule has 108 valence electrons. The van der Waals surface area contributed by atoms with Gasteiger partial charge >= 0.3 is 0 Å². The van der Waals surface area contributed by atoms with Crippen LogP contribution in [0, 0.1) is 29.1 Å². The van der Waals surface area contributed by atoms with Crippen LogP contribution in [-0.2, 0) is 0 Å². The number of fused-ring (bicyclic) bond motifs is 3. The lowest BCUT2D eigenvalue weighted by Crippen LogP contribution is -2.20. The van der Waals surface area contributed by atoms with Crippen LogP contribution in [0.4, 0.5) is 0 Å². The molecule has 4 fully saturated rings. The maximum absolute atomic E-state index is 1.64. The van der Waals surface area contributed by atoms with Crippen molar-refractivity contribution in [2.24, 2.45) is 29.1 Å². The molecule has 0 saturated heterocycles. The Morgan fingerprint density at radius 1 is 0.579 bits per heavy atom. The van der Waals surface area contributed by atoms with Gasteiger partial charge in [0.05, 0.1) is 0 Å². The quantitative estimate of drug-likeness (QED) is 0.546. The Bertz CT molecular complexity index is 298. The molecule has 0 N–H and O–H groups in total. The first-order chi connectivity index (χ1) is 9.33. The maximum atomic E-state index is 1.64. The molecule has 3 unspecified atom stereocenters. The molecular weight excluding hydrogens is 228 g/mol. The predicted octanol–water partition coefficient (Wildman–Crippen LogP) is 5.95. The Balaban J connectivity index is 1.44. The second-order valence-electron chi connectivity index (χ2n) is 8.68. The van der Waals surface area contributed by atoms with Gasteiger partial charge in [-0.05, 0) is 74.0 Å². The van der Waals surface area contributed by atoms with Gasteiger partial charge in [-0.15, -0.1) is 0 Å². The van der Waals surface area contributed by atoms with E-state index in [-0.39, 0.29) is 0 Å². The van der Waals surface area contributed by atoms with Crippen LogP contribution in [0.2, 0.25) is 0 Å². The van der Waals surface area contributed by atoms with E-state index in [0.717, 1.165) is 29.1 Å². The Morgan fingerprint density at radius 3 is 1.95 bits per heavy atom. The van der Waals surface area contributed by atoms with Gasteiger partial charge in [-0.25, -0.2) is 0 Å². The van der Waals surface area contributed by atoms with Gasteiger partial charge in [0.2, 0.25) is 0 Å². The molecule has 0 radical (unpaired) electrons. The molecule has 4 aliphatic carbocycles. The first-order valence-electron chi connectivity index (χ1n) is 9.33. The minimum absolute atomic E-state index is 0.853. The van der Waals surface area contributed by atoms with E-state index in [1.165, 1.54) is 0 Å². The van der Waals surface area contributed by atoms with Crippen molar-refractivity contribution in [3.63, 3.8) is 0 Å². The molecular formula is C19H32. The molecule has 0 aliphatic heterocycles. The van der Waals surface area contributed by atoms with E-state index in [1.807, 2.05) is 0 Å². The molecule has 19 heavy (non-hydrogen) atoms. The van der Waals surface area contributed by atoms with Gasteiger partial charge in [0.1, 0.15) is 0 Å². The molecule has 0 amide bonds. The van der Waals surface area contributed by atoms with Crippen molar-refractivity contribution < 1.29 is 0 Å². The van der Waals surface area contributed by atoms with Crippen LogP contribution in [0.5, 0.6) is 0 Å². The van der Waals surface area contributed by atoms with Gasteiger partial charge < -0.3 is 0 Å². The molecule has 0 aromatic heterocycles. The van der Waals surface area contributed by atoms with Crippen molar-refractivity contribution in [2.45, 2.75) is 89.9 Å². The monoisotopic (exact) mass is 260 g/mol. The molecule has 4 aliphatic rings. The molecule has 0 aromatic rings. The van der Waals surface area contributed by atoms with Crippen LogP contribution in [0.15, 0.2) is 0 Å². The average Bonchev–Trinajstić information content (AvgIpc) is 2.89. The van der Waals surface area contributed by atoms with Crippen molar-refractivity contribution in [1.82, 2.24) is 0 Å². The summed E-state index contributed by atoms with van der Waals surface area (Å²) >= 11 is 0. The molecule has 4 rings (SSSR count). The van der Waals surface area contributed by atoms with Gasteiger partial charge in [-0.2, -0.15) is 0 Å². The van der Waals surface area contributed by atoms with Crippen molar-refractivity contribution in [3.8, 4) is 0 Å². The molecule has 0 nitrogen and oxygen atoms in total. The molecule has 0 heteroatoms. The summed E-state index contributed by atoms with van der Waals surface area (Å²) in [5.41, 5.74) is 0.853. The fourth-order valence-electron chi connectivity index (χ4n) is 6.50. The number of hydrogen-bond donors (Lipinski definition) is 0. The first kappa shape index (κ1) is 12.7. The van der Waals surface area contributed by atoms with Crippen molar-refractivity contribution >= 4 is 0 Å². The highest BCUT2D eigenvalue weighted by Crippen LogP contribution is 2.56. The topological polar surface area (TPSA) is 0 Å². The molecule has 4 saturated carbocycles. The zero-order valence-electron chi connectivity index (χ0n) is 12.7. The fraction of sp³-hybridized carbons (Fsp3) is 1.00. The van der Waals surface area contributed by atoms with E-state index in [2.05, 4.69) is 0 Å². The zero-order chi connectivity index (χ0) is 12.7. The lowest BCUT2D eigenvalue weighted by molar-refractivity contribution is 0.199. The van der Waals surface area contributed by atoms with Crippen LogP contribution in [0.1, 0.15) is 89.9 Å². The lowest BCUT2D eigenvalue weighted by Gasteiger charge is -2.31. The van der Waals surface area contributed by atoms with Gasteiger partial charge in [-0.3, -0.25) is 0 Å². The third-order valence-corrected chi connectivity index (χ3v) is 7.55. The highest BCUT2D eigenvalue weighted by molar-refractivity contribution is 4.95. The minimum Gasteiger partial charge on any atom is -0.0528 e. The highest BCUT2D eigenvalue weighted by Gasteiger charge is 2.44. The maximum Gasteiger partial charge on any atom is -0.0295 e. The van der Waals surface area contributed by atoms with Crippen LogP contribution in [0.3, 0.4) is 0 Å². The summed E-state index contributed by atoms with van der Waals surface area (Å²) in [4.78, 5) is 0. The van der Waals surface area contributed by atoms with Crippen LogP contribution in [0.25, 0.3) is 0 Å². The van der Waals surface area contributed by atoms with E-state index >= 15 is 0 Å². The SMILES string of the molecule is C1CC2CCC(C1)CC(C1CCC3(CCCC3)C1)C2. The van der Waals surface area contributed by atoms with Crippen molar-refractivity contribution in [3.05, 3.63) is 0 Å². The lowest BCUT2D eigenvalue weighted by atomic mass is 9.75. The molecule has 3 atom stereocenters. The second-order valence-corrected chi connectivity index (χ2v) is 8.68. The van der Waals surface area contributed by atoms with E-state index in [4.69, 9.17) is 0 Å². The summed E-state index contributed by atoms with van der Waals surface area (Å²) in [6, 6.07) is 0. The fourth-order valence-corrected chi connectivity index (χ4v) is 6.50. The van der Waals surface area contributed by atoms with Crippen LogP contribution >= 0.6 is 0 Å². The summed E-state index contributed by atoms with van der Waals surface area (Å²) in [5.74, 6) is 4.52. The summed E-state index contributed by atoms with van der Waals surface area (Å²) in [7, 11) is 0. The van der Waals surface area contributed by atoms with E-state index in [0.29, 0.717) is 0 Å². The largest absolute Gasteiger partial charge is 0.0528 e. The van der Waals surface area contributed by atoms with E-state index in [9.17, 15) is 0 Å². The molecule has 0 heterocycles. The van der Waals surface area contributed by atoms with E-state index < -0.39 is 0 Å². The van der Waals surface area contributed by atoms with E-state index in [1.54, 1.807) is 89.9 Å². The first-order valence-corrected chi connectivity index (χ1v) is 9.33. The third kappa shape index (κ3) is 2.49. The highest BCUT2D eigenvalue weighted by atomic mass is 14.5. The third-order valence-electron chi connectivity index (χ3n) is 7.55. The summed E-state index contributed by atoms with van der Waals surface area (Å²) in [6.45, 7) is 0. The Morgan fingerprint density at radius 2 is 1.26 bits per heavy atom. The van der Waals surface area contributed by atoms with Gasteiger partial charge in [0, 0.05) is 0 Å². The standard InChI is InChI=1S/C19H32/c1-2-10-19(9-1)11-8-17(14-19)18-12-15-4-3-5-16(13-18)7-6-15/h15-18H,1-14H2. The van der Waals surface area contributed by atoms with Crippen molar-refractivity contribution in [1.29, 1.82) is 0 Å². The molecule has 0 aromatic carbocycles. The summed E-state index contributed by atoms with van der Waals surface area (Å²) in [6.07, 6.45) is 22.2. The molecule has 2 bridgehead atoms. The normalized spacial score (nSPS) is 45.5. The minimum atomic E-state index is 0.853. The van der Waals surface area contributed by atoms with Crippen LogP contribution < -0.4 is 0 Å². The average molecular weight is 260 g/mol. The Hall–Kier alpha value is 0. The van der Waals surface area contributed by atoms with Gasteiger partial charge in [0.25, 0.3) is 0 Å². The van der Waals surface area contributed by atoms with Crippen LogP contribution in [-0.4, -0.2) is 0 Å². The summed E-state index contributed by atoms with van der Waals surface area (Å²) < 4.78 is 0. The number of rotatable bonds is 1. The second kappa shape index (κ2) is 5.08. The zero-order valence-corrected chi connectivity index (χ0v) is 12.7. The Kier molecular flexibility index (Phi) is 3.40. The smallest absolute Gasteiger partial charge is 0.0295 e. The van der Waals surface area contributed by atoms with Gasteiger partial charge in [-0.1, -0.05) is 44.9 Å². The summed E-state index contributed by atoms with van der Waals surface area (Å²) in [5, 5.41) is 0. The van der Waals surface area contributed by atoms with Gasteiger partial charge in [0.15, 0.2) is 0 Å². The molecule has 1 spiro atoms.